The Bertz CT molecular complexity index is 2650. The molecule has 0 rings (SSSR count). The number of carbonyl (C=O) groups excluding carboxylic acids is 16. The Hall–Kier alpha value is -10.6. The molecule has 32 heteroatoms. The normalized spacial score (nSPS) is 9.70. The lowest BCUT2D eigenvalue weighted by atomic mass is 10.2. The summed E-state index contributed by atoms with van der Waals surface area (Å²) < 4.78 is 76.3. The highest BCUT2D eigenvalue weighted by Gasteiger charge is 2.24. The molecule has 0 saturated carbocycles. The van der Waals surface area contributed by atoms with E-state index in [1.807, 2.05) is 6.92 Å². The summed E-state index contributed by atoms with van der Waals surface area (Å²) in [6, 6.07) is 0. The zero-order valence-corrected chi connectivity index (χ0v) is 59.2. The molecule has 0 aliphatic carbocycles. The SMILES string of the molecule is C=C(C(=O)OCC)C(=O)OCC.C=C(C(=O)OCC)C(=O)OCCCCCOC(=O)C(=C)C(=O)OCC.C=C(C(=O)OCC)C(=O)OCCCCCOC(=O)C(=C)C(=O)OCC.C=C(C(=O)OCC)C(=O)OCCCCCOC(=O)C(=C)C(=O)OCCCCCOC(=O)C(=C)C(=O)OCCC. The van der Waals surface area contributed by atoms with Crippen LogP contribution in [0.25, 0.3) is 0 Å². The van der Waals surface area contributed by atoms with Gasteiger partial charge in [-0.15, -0.1) is 0 Å². The molecule has 0 fully saturated rings. The van der Waals surface area contributed by atoms with E-state index in [1.54, 1.807) is 48.5 Å². The van der Waals surface area contributed by atoms with E-state index >= 15 is 0 Å². The van der Waals surface area contributed by atoms with Gasteiger partial charge in [0.25, 0.3) is 0 Å². The predicted octanol–water partition coefficient (Wildman–Crippen LogP) is 6.32. The van der Waals surface area contributed by atoms with E-state index in [0.29, 0.717) is 83.5 Å². The third kappa shape index (κ3) is 48.7. The molecule has 0 spiro atoms. The predicted molar refractivity (Wildman–Crippen MR) is 354 cm³/mol. The maximum Gasteiger partial charge on any atom is 0.344 e. The maximum absolute atomic E-state index is 11.9. The van der Waals surface area contributed by atoms with Crippen LogP contribution in [-0.4, -0.2) is 201 Å². The fourth-order valence-electron chi connectivity index (χ4n) is 6.02. The fourth-order valence-corrected chi connectivity index (χ4v) is 6.02. The minimum absolute atomic E-state index is 0.0239. The number of esters is 16. The second-order valence-corrected chi connectivity index (χ2v) is 19.3. The standard InChI is InChI=1S/C27H38O12.2C17H24O8.C8H12O4/c1-6-14-35-23(29)20(4)25(31)37-16-11-9-13-18-39-27(33)21(5)26(32)38-17-12-8-10-15-36-24(30)19(3)22(28)34-7-2;2*1-5-22-14(18)12(3)16(20)24-10-8-7-9-11-25-17(21)13(4)15(19)23-6-2;1-4-11-7(9)6(3)8(10)12-5-2/h3-18H2,1-2H3;2*3-11H2,1-2H3;3-5H2,1-2H3. The molecular weight excluding hydrogens is 1340 g/mol. The van der Waals surface area contributed by atoms with Crippen LogP contribution in [0.2, 0.25) is 0 Å². The highest BCUT2D eigenvalue weighted by molar-refractivity contribution is 6.17. The van der Waals surface area contributed by atoms with E-state index < -0.39 is 101 Å². The summed E-state index contributed by atoms with van der Waals surface area (Å²) in [5.41, 5.74) is -2.88. The van der Waals surface area contributed by atoms with E-state index in [-0.39, 0.29) is 145 Å². The van der Waals surface area contributed by atoms with E-state index in [2.05, 4.69) is 85.8 Å². The van der Waals surface area contributed by atoms with E-state index in [9.17, 15) is 76.7 Å². The highest BCUT2D eigenvalue weighted by atomic mass is 16.6. The molecule has 0 unspecified atom stereocenters. The van der Waals surface area contributed by atoms with Gasteiger partial charge in [-0.25, -0.2) is 76.7 Å². The van der Waals surface area contributed by atoms with Gasteiger partial charge in [0.15, 0.2) is 0 Å². The van der Waals surface area contributed by atoms with Gasteiger partial charge in [0.1, 0.15) is 44.6 Å². The van der Waals surface area contributed by atoms with Crippen LogP contribution in [0, 0.1) is 0 Å². The van der Waals surface area contributed by atoms with Crippen molar-refractivity contribution in [3.8, 4) is 0 Å². The lowest BCUT2D eigenvalue weighted by Gasteiger charge is -2.09. The molecule has 101 heavy (non-hydrogen) atoms. The van der Waals surface area contributed by atoms with E-state index in [4.69, 9.17) is 42.6 Å². The Balaban J connectivity index is -0.000000664. The molecule has 0 aromatic heterocycles. The van der Waals surface area contributed by atoms with Gasteiger partial charge in [-0.05, 0) is 132 Å². The molecule has 0 bridgehead atoms. The molecule has 0 saturated heterocycles. The number of ether oxygens (including phenoxy) is 16. The molecule has 0 radical (unpaired) electrons. The quantitative estimate of drug-likeness (QED) is 0.0161. The topological polar surface area (TPSA) is 421 Å². The summed E-state index contributed by atoms with van der Waals surface area (Å²) in [7, 11) is 0. The van der Waals surface area contributed by atoms with Crippen molar-refractivity contribution in [3.63, 3.8) is 0 Å². The summed E-state index contributed by atoms with van der Waals surface area (Å²) in [6.45, 7) is 41.6. The monoisotopic (exact) mass is 1440 g/mol. The van der Waals surface area contributed by atoms with Gasteiger partial charge in [-0.1, -0.05) is 59.6 Å². The Labute approximate surface area is 587 Å². The van der Waals surface area contributed by atoms with Crippen molar-refractivity contribution in [2.24, 2.45) is 0 Å². The van der Waals surface area contributed by atoms with Crippen molar-refractivity contribution in [3.05, 3.63) is 97.2 Å². The maximum atomic E-state index is 11.9. The van der Waals surface area contributed by atoms with Crippen LogP contribution in [-0.2, 0) is 153 Å². The van der Waals surface area contributed by atoms with Crippen LogP contribution in [0.3, 0.4) is 0 Å². The Morgan fingerprint density at radius 1 is 0.158 bits per heavy atom. The van der Waals surface area contributed by atoms with Crippen LogP contribution in [0.5, 0.6) is 0 Å². The van der Waals surface area contributed by atoms with Gasteiger partial charge in [-0.3, -0.25) is 0 Å². The number of unbranched alkanes of at least 4 members (excludes halogenated alkanes) is 8. The summed E-state index contributed by atoms with van der Waals surface area (Å²) in [5.74, 6) is -13.1. The number of hydrogen-bond acceptors (Lipinski definition) is 32. The molecule has 0 aliphatic heterocycles. The minimum atomic E-state index is -0.901. The van der Waals surface area contributed by atoms with E-state index in [1.165, 1.54) is 0 Å². The molecular formula is C69H98O32. The largest absolute Gasteiger partial charge is 0.462 e. The summed E-state index contributed by atoms with van der Waals surface area (Å²) in [5, 5.41) is 0. The number of carbonyl (C=O) groups is 16. The van der Waals surface area contributed by atoms with Crippen molar-refractivity contribution < 1.29 is 153 Å². The molecule has 0 heterocycles. The third-order valence-electron chi connectivity index (χ3n) is 11.3. The lowest BCUT2D eigenvalue weighted by Crippen LogP contribution is -2.19. The lowest BCUT2D eigenvalue weighted by molar-refractivity contribution is -0.149. The molecule has 566 valence electrons. The zero-order chi connectivity index (χ0) is 77.7. The Kier molecular flexibility index (Phi) is 59.2. The smallest absolute Gasteiger partial charge is 0.344 e. The molecule has 0 aromatic rings. The first-order valence-corrected chi connectivity index (χ1v) is 32.1. The average Bonchev–Trinajstić information content (AvgIpc) is 1.27. The van der Waals surface area contributed by atoms with E-state index in [0.717, 1.165) is 0 Å². The summed E-state index contributed by atoms with van der Waals surface area (Å²) in [6.07, 6.45) is 6.81. The first kappa shape index (κ1) is 96.8. The van der Waals surface area contributed by atoms with Crippen molar-refractivity contribution in [2.75, 3.05) is 106 Å². The molecule has 0 aromatic carbocycles. The zero-order valence-electron chi connectivity index (χ0n) is 59.2. The highest BCUT2D eigenvalue weighted by Crippen LogP contribution is 2.10. The summed E-state index contributed by atoms with van der Waals surface area (Å²) in [4.78, 5) is 183. The summed E-state index contributed by atoms with van der Waals surface area (Å²) >= 11 is 0. The molecule has 0 atom stereocenters. The fraction of sp³-hybridized carbons (Fsp3) is 0.536. The van der Waals surface area contributed by atoms with Crippen LogP contribution < -0.4 is 0 Å². The first-order chi connectivity index (χ1) is 47.9. The molecule has 0 amide bonds. The van der Waals surface area contributed by atoms with Gasteiger partial charge in [0.2, 0.25) is 0 Å². The van der Waals surface area contributed by atoms with Gasteiger partial charge >= 0.3 is 95.5 Å². The third-order valence-corrected chi connectivity index (χ3v) is 11.3. The number of hydrogen-bond donors (Lipinski definition) is 0. The van der Waals surface area contributed by atoms with Crippen molar-refractivity contribution >= 4 is 95.5 Å². The second kappa shape index (κ2) is 61.7. The number of rotatable bonds is 49. The van der Waals surface area contributed by atoms with Gasteiger partial charge in [0, 0.05) is 0 Å². The van der Waals surface area contributed by atoms with Crippen LogP contribution in [0.4, 0.5) is 0 Å². The van der Waals surface area contributed by atoms with Crippen LogP contribution >= 0.6 is 0 Å². The molecule has 0 aliphatic rings. The van der Waals surface area contributed by atoms with Crippen molar-refractivity contribution in [1.82, 2.24) is 0 Å². The van der Waals surface area contributed by atoms with Crippen molar-refractivity contribution in [1.29, 1.82) is 0 Å². The molecule has 32 nitrogen and oxygen atoms in total. The first-order valence-electron chi connectivity index (χ1n) is 32.1. The van der Waals surface area contributed by atoms with Gasteiger partial charge < -0.3 is 75.8 Å². The average molecular weight is 1440 g/mol. The van der Waals surface area contributed by atoms with Crippen LogP contribution in [0.15, 0.2) is 97.2 Å². The minimum Gasteiger partial charge on any atom is -0.462 e. The second-order valence-electron chi connectivity index (χ2n) is 19.3. The van der Waals surface area contributed by atoms with Crippen LogP contribution in [0.1, 0.15) is 139 Å². The van der Waals surface area contributed by atoms with Gasteiger partial charge in [-0.2, -0.15) is 0 Å². The molecule has 0 N–H and O–H groups in total. The van der Waals surface area contributed by atoms with Gasteiger partial charge in [0.05, 0.1) is 106 Å². The Morgan fingerprint density at radius 3 is 0.356 bits per heavy atom. The van der Waals surface area contributed by atoms with Crippen molar-refractivity contribution in [2.45, 2.75) is 139 Å². The Morgan fingerprint density at radius 2 is 0.257 bits per heavy atom.